The van der Waals surface area contributed by atoms with Crippen LogP contribution in [0.5, 0.6) is 0 Å². The Morgan fingerprint density at radius 2 is 1.84 bits per heavy atom. The van der Waals surface area contributed by atoms with Gasteiger partial charge in [-0.1, -0.05) is 34.8 Å². The molecule has 3 aromatic rings. The molecule has 0 saturated carbocycles. The van der Waals surface area contributed by atoms with Crippen LogP contribution < -0.4 is 4.90 Å². The number of hydrogen-bond donors (Lipinski definition) is 1. The Morgan fingerprint density at radius 1 is 1.12 bits per heavy atom. The van der Waals surface area contributed by atoms with E-state index in [0.29, 0.717) is 27.4 Å². The van der Waals surface area contributed by atoms with Crippen molar-refractivity contribution < 1.29 is 14.7 Å². The number of carbonyl (C=O) groups is 2. The maximum Gasteiger partial charge on any atom is 0.273 e. The summed E-state index contributed by atoms with van der Waals surface area (Å²) < 4.78 is 0. The molecule has 2 heterocycles. The highest BCUT2D eigenvalue weighted by Gasteiger charge is 2.31. The number of aliphatic hydroxyl groups is 1. The molecule has 0 radical (unpaired) electrons. The van der Waals surface area contributed by atoms with E-state index in [1.807, 2.05) is 0 Å². The topological polar surface area (TPSA) is 73.7 Å². The molecule has 1 fully saturated rings. The SMILES string of the molecule is O=C(c1ccc(Cl)cc1Cl)N(c1ccc(Cl)cc1)c1nc(C(=O)N2CCC[C@@H]2CO)cs1. The third-order valence-electron chi connectivity index (χ3n) is 5.20. The van der Waals surface area contributed by atoms with E-state index in [0.717, 1.165) is 12.8 Å². The number of amides is 2. The Kier molecular flexibility index (Phi) is 7.02. The monoisotopic (exact) mass is 509 g/mol. The number of nitrogens with zero attached hydrogens (tertiary/aromatic N) is 3. The number of rotatable bonds is 5. The van der Waals surface area contributed by atoms with Crippen LogP contribution in [-0.4, -0.2) is 46.0 Å². The normalized spacial score (nSPS) is 15.8. The second-order valence-corrected chi connectivity index (χ2v) is 9.35. The summed E-state index contributed by atoms with van der Waals surface area (Å²) in [6.07, 6.45) is 1.59. The number of likely N-dealkylation sites (tertiary alicyclic amines) is 1. The third kappa shape index (κ3) is 4.63. The molecule has 166 valence electrons. The van der Waals surface area contributed by atoms with Gasteiger partial charge in [-0.3, -0.25) is 14.5 Å². The summed E-state index contributed by atoms with van der Waals surface area (Å²) >= 11 is 19.5. The van der Waals surface area contributed by atoms with Crippen molar-refractivity contribution in [2.24, 2.45) is 0 Å². The number of halogens is 3. The number of aliphatic hydroxyl groups excluding tert-OH is 1. The number of benzene rings is 2. The molecule has 1 aliphatic heterocycles. The Bertz CT molecular complexity index is 1150. The number of anilines is 2. The van der Waals surface area contributed by atoms with Crippen LogP contribution in [0, 0.1) is 0 Å². The molecule has 1 saturated heterocycles. The summed E-state index contributed by atoms with van der Waals surface area (Å²) in [4.78, 5) is 33.9. The number of carbonyl (C=O) groups excluding carboxylic acids is 2. The van der Waals surface area contributed by atoms with E-state index in [1.54, 1.807) is 46.7 Å². The Labute approximate surface area is 204 Å². The molecule has 2 aromatic carbocycles. The minimum absolute atomic E-state index is 0.0901. The second-order valence-electron chi connectivity index (χ2n) is 7.23. The van der Waals surface area contributed by atoms with Gasteiger partial charge in [-0.05, 0) is 55.3 Å². The summed E-state index contributed by atoms with van der Waals surface area (Å²) in [6.45, 7) is 0.477. The maximum absolute atomic E-state index is 13.5. The first kappa shape index (κ1) is 23.0. The standard InChI is InChI=1S/C22H18Cl3N3O3S/c23-13-3-6-15(7-4-13)28(20(30)17-8-5-14(24)10-18(17)25)22-26-19(12-32-22)21(31)27-9-1-2-16(27)11-29/h3-8,10,12,16,29H,1-2,9,11H2/t16-/m1/s1. The maximum atomic E-state index is 13.5. The summed E-state index contributed by atoms with van der Waals surface area (Å²) in [5.74, 6) is -0.686. The van der Waals surface area contributed by atoms with Crippen LogP contribution in [0.25, 0.3) is 0 Å². The summed E-state index contributed by atoms with van der Waals surface area (Å²) in [6, 6.07) is 11.1. The molecule has 0 spiro atoms. The smallest absolute Gasteiger partial charge is 0.273 e. The minimum Gasteiger partial charge on any atom is -0.394 e. The molecule has 1 aromatic heterocycles. The van der Waals surface area contributed by atoms with Crippen LogP contribution >= 0.6 is 46.1 Å². The van der Waals surface area contributed by atoms with Gasteiger partial charge in [0.05, 0.1) is 28.9 Å². The van der Waals surface area contributed by atoms with Gasteiger partial charge in [-0.2, -0.15) is 0 Å². The second kappa shape index (κ2) is 9.77. The molecule has 6 nitrogen and oxygen atoms in total. The zero-order chi connectivity index (χ0) is 22.8. The lowest BCUT2D eigenvalue weighted by Gasteiger charge is -2.22. The lowest BCUT2D eigenvalue weighted by molar-refractivity contribution is 0.0672. The quantitative estimate of drug-likeness (QED) is 0.479. The molecular formula is C22H18Cl3N3O3S. The van der Waals surface area contributed by atoms with Crippen molar-refractivity contribution in [3.8, 4) is 0 Å². The van der Waals surface area contributed by atoms with E-state index in [4.69, 9.17) is 34.8 Å². The van der Waals surface area contributed by atoms with Crippen LogP contribution in [0.3, 0.4) is 0 Å². The zero-order valence-corrected chi connectivity index (χ0v) is 19.8. The Morgan fingerprint density at radius 3 is 2.53 bits per heavy atom. The highest BCUT2D eigenvalue weighted by atomic mass is 35.5. The van der Waals surface area contributed by atoms with Gasteiger partial charge in [0.15, 0.2) is 5.13 Å². The average molecular weight is 511 g/mol. The Balaban J connectivity index is 1.72. The van der Waals surface area contributed by atoms with Crippen molar-refractivity contribution >= 4 is 68.8 Å². The fourth-order valence-corrected chi connectivity index (χ4v) is 5.02. The van der Waals surface area contributed by atoms with Crippen molar-refractivity contribution in [3.05, 3.63) is 74.2 Å². The summed E-state index contributed by atoms with van der Waals surface area (Å²) in [7, 11) is 0. The predicted molar refractivity (Wildman–Crippen MR) is 128 cm³/mol. The van der Waals surface area contributed by atoms with Crippen molar-refractivity contribution in [2.75, 3.05) is 18.1 Å². The minimum atomic E-state index is -0.420. The molecule has 10 heteroatoms. The predicted octanol–water partition coefficient (Wildman–Crippen LogP) is 5.68. The fraction of sp³-hybridized carbons (Fsp3) is 0.227. The highest BCUT2D eigenvalue weighted by molar-refractivity contribution is 7.14. The summed E-state index contributed by atoms with van der Waals surface area (Å²) in [5.41, 5.74) is 0.987. The van der Waals surface area contributed by atoms with E-state index in [1.165, 1.54) is 22.3 Å². The van der Waals surface area contributed by atoms with Crippen molar-refractivity contribution in [3.63, 3.8) is 0 Å². The molecule has 1 N–H and O–H groups in total. The van der Waals surface area contributed by atoms with Crippen LogP contribution in [-0.2, 0) is 0 Å². The van der Waals surface area contributed by atoms with Crippen LogP contribution in [0.15, 0.2) is 47.8 Å². The van der Waals surface area contributed by atoms with E-state index < -0.39 is 5.91 Å². The average Bonchev–Trinajstić information content (AvgIpc) is 3.44. The first-order valence-corrected chi connectivity index (χ1v) is 11.8. The molecule has 0 unspecified atom stereocenters. The van der Waals surface area contributed by atoms with E-state index in [9.17, 15) is 14.7 Å². The first-order valence-electron chi connectivity index (χ1n) is 9.81. The Hall–Kier alpha value is -2.16. The molecule has 32 heavy (non-hydrogen) atoms. The third-order valence-corrected chi connectivity index (χ3v) is 6.83. The van der Waals surface area contributed by atoms with E-state index in [-0.39, 0.29) is 34.8 Å². The van der Waals surface area contributed by atoms with Crippen molar-refractivity contribution in [1.82, 2.24) is 9.88 Å². The van der Waals surface area contributed by atoms with Gasteiger partial charge in [-0.25, -0.2) is 4.98 Å². The van der Waals surface area contributed by atoms with E-state index in [2.05, 4.69) is 4.98 Å². The van der Waals surface area contributed by atoms with Gasteiger partial charge in [0.25, 0.3) is 11.8 Å². The number of thiazole rings is 1. The van der Waals surface area contributed by atoms with Crippen LogP contribution in [0.2, 0.25) is 15.1 Å². The van der Waals surface area contributed by atoms with Gasteiger partial charge in [0, 0.05) is 22.0 Å². The van der Waals surface area contributed by atoms with Crippen molar-refractivity contribution in [1.29, 1.82) is 0 Å². The number of aromatic nitrogens is 1. The molecular weight excluding hydrogens is 493 g/mol. The largest absolute Gasteiger partial charge is 0.394 e. The molecule has 1 aliphatic rings. The first-order chi connectivity index (χ1) is 15.4. The zero-order valence-electron chi connectivity index (χ0n) is 16.7. The van der Waals surface area contributed by atoms with Gasteiger partial charge >= 0.3 is 0 Å². The fourth-order valence-electron chi connectivity index (χ4n) is 3.59. The van der Waals surface area contributed by atoms with E-state index >= 15 is 0 Å². The van der Waals surface area contributed by atoms with Gasteiger partial charge in [0.2, 0.25) is 0 Å². The summed E-state index contributed by atoms with van der Waals surface area (Å²) in [5, 5.41) is 12.6. The lowest BCUT2D eigenvalue weighted by atomic mass is 10.2. The number of hydrogen-bond acceptors (Lipinski definition) is 5. The molecule has 1 atom stereocenters. The highest BCUT2D eigenvalue weighted by Crippen LogP contribution is 2.34. The van der Waals surface area contributed by atoms with Gasteiger partial charge < -0.3 is 10.0 Å². The lowest BCUT2D eigenvalue weighted by Crippen LogP contribution is -2.37. The van der Waals surface area contributed by atoms with Crippen molar-refractivity contribution in [2.45, 2.75) is 18.9 Å². The van der Waals surface area contributed by atoms with Gasteiger partial charge in [-0.15, -0.1) is 11.3 Å². The van der Waals surface area contributed by atoms with Crippen LogP contribution in [0.1, 0.15) is 33.7 Å². The molecule has 0 bridgehead atoms. The molecule has 4 rings (SSSR count). The molecule has 0 aliphatic carbocycles. The van der Waals surface area contributed by atoms with Gasteiger partial charge in [0.1, 0.15) is 5.69 Å². The van der Waals surface area contributed by atoms with Crippen LogP contribution in [0.4, 0.5) is 10.8 Å². The molecule has 2 amide bonds.